The number of rotatable bonds is 5. The van der Waals surface area contributed by atoms with Crippen LogP contribution in [-0.2, 0) is 9.47 Å². The van der Waals surface area contributed by atoms with E-state index < -0.39 is 11.2 Å². The number of piperidine rings is 2. The second-order valence-corrected chi connectivity index (χ2v) is 16.6. The molecule has 10 heteroatoms. The minimum absolute atomic E-state index is 0.0852. The Morgan fingerprint density at radius 1 is 0.600 bits per heavy atom. The van der Waals surface area contributed by atoms with E-state index in [9.17, 15) is 9.59 Å². The molecule has 2 saturated heterocycles. The third-order valence-electron chi connectivity index (χ3n) is 10.8. The fourth-order valence-corrected chi connectivity index (χ4v) is 8.77. The van der Waals surface area contributed by atoms with E-state index in [2.05, 4.69) is 58.5 Å². The van der Waals surface area contributed by atoms with Gasteiger partial charge in [0.25, 0.3) is 0 Å². The Hall–Kier alpha value is -4.60. The summed E-state index contributed by atoms with van der Waals surface area (Å²) in [4.78, 5) is 47.0. The highest BCUT2D eigenvalue weighted by Crippen LogP contribution is 2.51. The minimum Gasteiger partial charge on any atom is -0.444 e. The van der Waals surface area contributed by atoms with Crippen LogP contribution in [0.15, 0.2) is 60.9 Å². The standard InChI is InChI=1S/C40H48N6O4/c1-39(2,3)49-37(47)45-29-17-15-27(19-29)33(45)35-41-21-31(43-35)25-11-7-23(8-12-25)24-9-13-26(14-10-24)32-22-42-36(44-32)34-28-16-18-30(20-28)46(34)38(48)50-40(4,5)6/h7-14,21-22,27-30,33-34H,15-20H2,1-6H3,(H,41,43)(H,42,44)/t27?,28?,29?,30?,33-,34-/m0/s1. The largest absolute Gasteiger partial charge is 0.444 e. The van der Waals surface area contributed by atoms with E-state index in [0.717, 1.165) is 83.8 Å². The normalized spacial score (nSPS) is 25.8. The molecule has 2 saturated carbocycles. The smallest absolute Gasteiger partial charge is 0.411 e. The first-order chi connectivity index (χ1) is 23.8. The van der Waals surface area contributed by atoms with Gasteiger partial charge in [-0.15, -0.1) is 0 Å². The fraction of sp³-hybridized carbons (Fsp3) is 0.500. The number of H-pyrrole nitrogens is 2. The summed E-state index contributed by atoms with van der Waals surface area (Å²) in [7, 11) is 0. The molecule has 0 spiro atoms. The zero-order chi connectivity index (χ0) is 34.9. The molecular formula is C40H48N6O4. The number of benzene rings is 2. The average Bonchev–Trinajstić information content (AvgIpc) is 3.92. The van der Waals surface area contributed by atoms with Crippen molar-refractivity contribution in [1.29, 1.82) is 0 Å². The van der Waals surface area contributed by atoms with Crippen LogP contribution in [0.5, 0.6) is 0 Å². The van der Waals surface area contributed by atoms with Crippen molar-refractivity contribution < 1.29 is 19.1 Å². The summed E-state index contributed by atoms with van der Waals surface area (Å²) in [5, 5.41) is 0. The number of aromatic nitrogens is 4. The summed E-state index contributed by atoms with van der Waals surface area (Å²) in [5.41, 5.74) is 4.91. The van der Waals surface area contributed by atoms with Crippen LogP contribution in [0.3, 0.4) is 0 Å². The molecule has 4 unspecified atom stereocenters. The Kier molecular flexibility index (Phi) is 7.84. The Labute approximate surface area is 294 Å². The lowest BCUT2D eigenvalue weighted by Gasteiger charge is -2.35. The van der Waals surface area contributed by atoms with Crippen molar-refractivity contribution in [3.8, 4) is 33.6 Å². The Morgan fingerprint density at radius 2 is 0.960 bits per heavy atom. The zero-order valence-electron chi connectivity index (χ0n) is 29.9. The predicted octanol–water partition coefficient (Wildman–Crippen LogP) is 9.05. The second-order valence-electron chi connectivity index (χ2n) is 16.6. The first kappa shape index (κ1) is 32.6. The van der Waals surface area contributed by atoms with Crippen LogP contribution in [0.1, 0.15) is 104 Å². The van der Waals surface area contributed by atoms with Crippen molar-refractivity contribution in [3.05, 3.63) is 72.6 Å². The molecule has 50 heavy (non-hydrogen) atoms. The van der Waals surface area contributed by atoms with Crippen molar-refractivity contribution in [1.82, 2.24) is 29.7 Å². The van der Waals surface area contributed by atoms with E-state index in [4.69, 9.17) is 19.4 Å². The van der Waals surface area contributed by atoms with Gasteiger partial charge < -0.3 is 19.4 Å². The summed E-state index contributed by atoms with van der Waals surface area (Å²) in [6, 6.07) is 17.1. The highest BCUT2D eigenvalue weighted by atomic mass is 16.6. The van der Waals surface area contributed by atoms with E-state index in [1.807, 2.05) is 63.7 Å². The number of carbonyl (C=O) groups is 2. The Bertz CT molecular complexity index is 1740. The molecule has 4 aromatic rings. The van der Waals surface area contributed by atoms with E-state index >= 15 is 0 Å². The number of ether oxygens (including phenoxy) is 2. The number of aromatic amines is 2. The maximum Gasteiger partial charge on any atom is 0.411 e. The zero-order valence-corrected chi connectivity index (χ0v) is 29.9. The molecule has 2 N–H and O–H groups in total. The number of hydrogen-bond donors (Lipinski definition) is 2. The molecule has 4 fully saturated rings. The maximum absolute atomic E-state index is 13.2. The van der Waals surface area contributed by atoms with Gasteiger partial charge >= 0.3 is 12.2 Å². The number of nitrogens with zero attached hydrogens (tertiary/aromatic N) is 4. The fourth-order valence-electron chi connectivity index (χ4n) is 8.77. The van der Waals surface area contributed by atoms with Gasteiger partial charge in [0.05, 0.1) is 23.5 Å². The molecule has 8 rings (SSSR count). The Balaban J connectivity index is 0.953. The molecule has 2 amide bonds. The molecule has 262 valence electrons. The lowest BCUT2D eigenvalue weighted by atomic mass is 9.98. The van der Waals surface area contributed by atoms with Crippen LogP contribution < -0.4 is 0 Å². The van der Waals surface area contributed by atoms with E-state index in [1.54, 1.807) is 0 Å². The van der Waals surface area contributed by atoms with Gasteiger partial charge in [-0.3, -0.25) is 9.80 Å². The van der Waals surface area contributed by atoms with Crippen LogP contribution in [0, 0.1) is 11.8 Å². The molecule has 2 aliphatic heterocycles. The van der Waals surface area contributed by atoms with Crippen LogP contribution in [0.25, 0.3) is 33.6 Å². The molecule has 2 aliphatic carbocycles. The quantitative estimate of drug-likeness (QED) is 0.218. The van der Waals surface area contributed by atoms with Gasteiger partial charge in [0.2, 0.25) is 0 Å². The third-order valence-corrected chi connectivity index (χ3v) is 10.8. The van der Waals surface area contributed by atoms with Crippen LogP contribution in [0.4, 0.5) is 9.59 Å². The summed E-state index contributed by atoms with van der Waals surface area (Å²) < 4.78 is 11.6. The van der Waals surface area contributed by atoms with E-state index in [0.29, 0.717) is 11.8 Å². The summed E-state index contributed by atoms with van der Waals surface area (Å²) in [5.74, 6) is 2.46. The highest BCUT2D eigenvalue weighted by molar-refractivity contribution is 5.73. The van der Waals surface area contributed by atoms with Crippen molar-refractivity contribution >= 4 is 12.2 Å². The Morgan fingerprint density at radius 3 is 1.32 bits per heavy atom. The number of nitrogens with one attached hydrogen (secondary N) is 2. The average molecular weight is 677 g/mol. The molecule has 2 aromatic carbocycles. The van der Waals surface area contributed by atoms with Gasteiger partial charge in [0.1, 0.15) is 22.9 Å². The molecule has 4 aliphatic rings. The number of hydrogen-bond acceptors (Lipinski definition) is 6. The summed E-state index contributed by atoms with van der Waals surface area (Å²) >= 11 is 0. The topological polar surface area (TPSA) is 116 Å². The molecule has 4 heterocycles. The van der Waals surface area contributed by atoms with Crippen LogP contribution >= 0.6 is 0 Å². The van der Waals surface area contributed by atoms with Gasteiger partial charge in [-0.05, 0) is 103 Å². The summed E-state index contributed by atoms with van der Waals surface area (Å²) in [6.07, 6.45) is 9.65. The first-order valence-electron chi connectivity index (χ1n) is 18.2. The SMILES string of the molecule is CC(C)(C)OC(=O)N1C2CCC(C2)[C@H]1c1nc(-c2ccc(-c3ccc(-c4c[nH]c([C@@H]5C6CCC(C6)N5C(=O)OC(C)(C)C)n4)cc3)cc2)c[nH]1. The van der Waals surface area contributed by atoms with Crippen molar-refractivity contribution in [2.24, 2.45) is 11.8 Å². The molecule has 6 atom stereocenters. The molecule has 10 nitrogen and oxygen atoms in total. The molecule has 0 radical (unpaired) electrons. The third kappa shape index (κ3) is 6.07. The highest BCUT2D eigenvalue weighted by Gasteiger charge is 2.52. The van der Waals surface area contributed by atoms with Crippen molar-refractivity contribution in [2.45, 2.75) is 115 Å². The van der Waals surface area contributed by atoms with Gasteiger partial charge in [0, 0.05) is 35.6 Å². The summed E-state index contributed by atoms with van der Waals surface area (Å²) in [6.45, 7) is 11.5. The van der Waals surface area contributed by atoms with E-state index in [-0.39, 0.29) is 36.4 Å². The monoisotopic (exact) mass is 676 g/mol. The number of fused-ring (bicyclic) bond motifs is 4. The van der Waals surface area contributed by atoms with Crippen molar-refractivity contribution in [3.63, 3.8) is 0 Å². The first-order valence-corrected chi connectivity index (χ1v) is 18.2. The second kappa shape index (κ2) is 12.0. The molecule has 4 bridgehead atoms. The van der Waals surface area contributed by atoms with Gasteiger partial charge in [-0.1, -0.05) is 48.5 Å². The molecular weight excluding hydrogens is 628 g/mol. The van der Waals surface area contributed by atoms with Gasteiger partial charge in [0.15, 0.2) is 0 Å². The number of likely N-dealkylation sites (tertiary alicyclic amines) is 2. The van der Waals surface area contributed by atoms with E-state index in [1.165, 1.54) is 0 Å². The maximum atomic E-state index is 13.2. The number of amides is 2. The van der Waals surface area contributed by atoms with Crippen LogP contribution in [-0.4, -0.2) is 65.2 Å². The van der Waals surface area contributed by atoms with Crippen molar-refractivity contribution in [2.75, 3.05) is 0 Å². The number of carbonyl (C=O) groups excluding carboxylic acids is 2. The molecule has 2 aromatic heterocycles. The lowest BCUT2D eigenvalue weighted by molar-refractivity contribution is 0.00523. The van der Waals surface area contributed by atoms with Crippen LogP contribution in [0.2, 0.25) is 0 Å². The number of imidazole rings is 2. The van der Waals surface area contributed by atoms with Gasteiger partial charge in [-0.25, -0.2) is 19.6 Å². The minimum atomic E-state index is -0.538. The predicted molar refractivity (Wildman–Crippen MR) is 191 cm³/mol. The van der Waals surface area contributed by atoms with Gasteiger partial charge in [-0.2, -0.15) is 0 Å². The lowest BCUT2D eigenvalue weighted by Crippen LogP contribution is -2.43.